The Morgan fingerprint density at radius 2 is 2.33 bits per heavy atom. The highest BCUT2D eigenvalue weighted by atomic mass is 32.2. The number of ether oxygens (including phenoxy) is 1. The zero-order valence-corrected chi connectivity index (χ0v) is 13.7. The van der Waals surface area contributed by atoms with Crippen LogP contribution in [0, 0.1) is 0 Å². The van der Waals surface area contributed by atoms with E-state index in [9.17, 15) is 0 Å². The second-order valence-corrected chi connectivity index (χ2v) is 7.08. The van der Waals surface area contributed by atoms with Crippen molar-refractivity contribution in [3.8, 4) is 0 Å². The Hall–Kier alpha value is -1.04. The summed E-state index contributed by atoms with van der Waals surface area (Å²) < 4.78 is 7.87. The quantitative estimate of drug-likeness (QED) is 0.921. The Bertz CT molecular complexity index is 611. The Labute approximate surface area is 130 Å². The van der Waals surface area contributed by atoms with Gasteiger partial charge < -0.3 is 14.5 Å². The van der Waals surface area contributed by atoms with E-state index in [1.165, 1.54) is 5.69 Å². The maximum absolute atomic E-state index is 5.68. The molecule has 1 fully saturated rings. The molecule has 2 aromatic rings. The summed E-state index contributed by atoms with van der Waals surface area (Å²) >= 11 is 1.87. The number of aromatic nitrogens is 2. The topological polar surface area (TPSA) is 38.6 Å². The molecule has 0 aromatic carbocycles. The SMILES string of the molecule is CC(C)NCc1c(SC2CCOC2C)nc2ccccn12. The molecule has 1 aliphatic heterocycles. The summed E-state index contributed by atoms with van der Waals surface area (Å²) in [7, 11) is 0. The van der Waals surface area contributed by atoms with E-state index in [-0.39, 0.29) is 0 Å². The first-order valence-electron chi connectivity index (χ1n) is 7.62. The lowest BCUT2D eigenvalue weighted by atomic mass is 10.3. The van der Waals surface area contributed by atoms with Gasteiger partial charge in [-0.1, -0.05) is 31.7 Å². The monoisotopic (exact) mass is 305 g/mol. The molecule has 2 unspecified atom stereocenters. The fraction of sp³-hybridized carbons (Fsp3) is 0.562. The molecule has 21 heavy (non-hydrogen) atoms. The van der Waals surface area contributed by atoms with Crippen molar-refractivity contribution in [1.29, 1.82) is 0 Å². The lowest BCUT2D eigenvalue weighted by Gasteiger charge is -2.14. The molecule has 0 amide bonds. The molecule has 0 radical (unpaired) electrons. The number of thioether (sulfide) groups is 1. The van der Waals surface area contributed by atoms with Gasteiger partial charge in [0.1, 0.15) is 10.7 Å². The summed E-state index contributed by atoms with van der Waals surface area (Å²) in [6.07, 6.45) is 3.51. The minimum atomic E-state index is 0.311. The fourth-order valence-corrected chi connectivity index (χ4v) is 3.82. The van der Waals surface area contributed by atoms with Crippen molar-refractivity contribution in [2.24, 2.45) is 0 Å². The highest BCUT2D eigenvalue weighted by Gasteiger charge is 2.27. The number of nitrogens with zero attached hydrogens (tertiary/aromatic N) is 2. The van der Waals surface area contributed by atoms with Crippen molar-refractivity contribution in [3.63, 3.8) is 0 Å². The third-order valence-corrected chi connectivity index (χ3v) is 5.31. The van der Waals surface area contributed by atoms with Gasteiger partial charge in [-0.3, -0.25) is 0 Å². The summed E-state index contributed by atoms with van der Waals surface area (Å²) in [4.78, 5) is 4.82. The van der Waals surface area contributed by atoms with Crippen molar-refractivity contribution < 1.29 is 4.74 Å². The normalized spacial score (nSPS) is 22.5. The van der Waals surface area contributed by atoms with Crippen molar-refractivity contribution in [3.05, 3.63) is 30.1 Å². The number of nitrogens with one attached hydrogen (secondary N) is 1. The molecular formula is C16H23N3OS. The molecule has 1 N–H and O–H groups in total. The van der Waals surface area contributed by atoms with Gasteiger partial charge in [0.05, 0.1) is 11.8 Å². The Balaban J connectivity index is 1.90. The van der Waals surface area contributed by atoms with Crippen molar-refractivity contribution in [2.75, 3.05) is 6.61 Å². The second-order valence-electron chi connectivity index (χ2n) is 5.85. The number of hydrogen-bond acceptors (Lipinski definition) is 4. The van der Waals surface area contributed by atoms with Crippen LogP contribution in [0.3, 0.4) is 0 Å². The van der Waals surface area contributed by atoms with Gasteiger partial charge >= 0.3 is 0 Å². The molecule has 5 heteroatoms. The van der Waals surface area contributed by atoms with Gasteiger partial charge in [0, 0.05) is 30.6 Å². The molecule has 2 atom stereocenters. The van der Waals surface area contributed by atoms with Crippen LogP contribution in [0.1, 0.15) is 32.9 Å². The molecule has 3 heterocycles. The summed E-state index contributed by atoms with van der Waals surface area (Å²) in [6.45, 7) is 8.21. The lowest BCUT2D eigenvalue weighted by molar-refractivity contribution is 0.127. The first kappa shape index (κ1) is 14.9. The average Bonchev–Trinajstić information content (AvgIpc) is 3.01. The van der Waals surface area contributed by atoms with Gasteiger partial charge in [-0.05, 0) is 25.5 Å². The van der Waals surface area contributed by atoms with Crippen LogP contribution in [0.25, 0.3) is 5.65 Å². The van der Waals surface area contributed by atoms with Crippen molar-refractivity contribution >= 4 is 17.4 Å². The predicted molar refractivity (Wildman–Crippen MR) is 86.8 cm³/mol. The number of rotatable bonds is 5. The minimum Gasteiger partial charge on any atom is -0.377 e. The van der Waals surface area contributed by atoms with Crippen LogP contribution in [-0.4, -0.2) is 33.4 Å². The molecule has 4 nitrogen and oxygen atoms in total. The molecule has 1 saturated heterocycles. The summed E-state index contributed by atoms with van der Waals surface area (Å²) in [6, 6.07) is 6.63. The summed E-state index contributed by atoms with van der Waals surface area (Å²) in [5, 5.41) is 5.15. The number of pyridine rings is 1. The number of imidazole rings is 1. The van der Waals surface area contributed by atoms with Crippen LogP contribution in [0.15, 0.2) is 29.4 Å². The van der Waals surface area contributed by atoms with Crippen LogP contribution in [-0.2, 0) is 11.3 Å². The summed E-state index contributed by atoms with van der Waals surface area (Å²) in [5.74, 6) is 0. The first-order valence-corrected chi connectivity index (χ1v) is 8.50. The number of fused-ring (bicyclic) bond motifs is 1. The molecule has 0 saturated carbocycles. The van der Waals surface area contributed by atoms with Gasteiger partial charge in [-0.2, -0.15) is 0 Å². The fourth-order valence-electron chi connectivity index (χ4n) is 2.59. The van der Waals surface area contributed by atoms with E-state index in [1.54, 1.807) is 0 Å². The molecule has 3 rings (SSSR count). The van der Waals surface area contributed by atoms with Crippen LogP contribution in [0.4, 0.5) is 0 Å². The van der Waals surface area contributed by atoms with Gasteiger partial charge in [-0.25, -0.2) is 4.98 Å². The smallest absolute Gasteiger partial charge is 0.138 e. The highest BCUT2D eigenvalue weighted by Crippen LogP contribution is 2.34. The first-order chi connectivity index (χ1) is 10.1. The van der Waals surface area contributed by atoms with E-state index in [4.69, 9.17) is 9.72 Å². The molecular weight excluding hydrogens is 282 g/mol. The average molecular weight is 305 g/mol. The lowest BCUT2D eigenvalue weighted by Crippen LogP contribution is -2.23. The number of hydrogen-bond donors (Lipinski definition) is 1. The van der Waals surface area contributed by atoms with Crippen LogP contribution >= 0.6 is 11.8 Å². The van der Waals surface area contributed by atoms with E-state index < -0.39 is 0 Å². The van der Waals surface area contributed by atoms with Crippen molar-refractivity contribution in [2.45, 2.75) is 56.2 Å². The molecule has 1 aliphatic rings. The van der Waals surface area contributed by atoms with Gasteiger partial charge in [0.25, 0.3) is 0 Å². The van der Waals surface area contributed by atoms with Gasteiger partial charge in [0.15, 0.2) is 0 Å². The molecule has 2 aromatic heterocycles. The van der Waals surface area contributed by atoms with E-state index in [0.29, 0.717) is 17.4 Å². The Morgan fingerprint density at radius 1 is 1.48 bits per heavy atom. The van der Waals surface area contributed by atoms with Crippen molar-refractivity contribution in [1.82, 2.24) is 14.7 Å². The van der Waals surface area contributed by atoms with Crippen LogP contribution in [0.5, 0.6) is 0 Å². The maximum atomic E-state index is 5.68. The second kappa shape index (κ2) is 6.38. The molecule has 0 spiro atoms. The van der Waals surface area contributed by atoms with Gasteiger partial charge in [0.2, 0.25) is 0 Å². The molecule has 114 valence electrons. The van der Waals surface area contributed by atoms with Gasteiger partial charge in [-0.15, -0.1) is 0 Å². The summed E-state index contributed by atoms with van der Waals surface area (Å²) in [5.41, 5.74) is 2.27. The highest BCUT2D eigenvalue weighted by molar-refractivity contribution is 8.00. The molecule has 0 bridgehead atoms. The zero-order valence-electron chi connectivity index (χ0n) is 12.9. The standard InChI is InChI=1S/C16H23N3OS/c1-11(2)17-10-13-16(21-14-7-9-20-12(14)3)18-15-6-4-5-8-19(13)15/h4-6,8,11-12,14,17H,7,9-10H2,1-3H3. The molecule has 0 aliphatic carbocycles. The predicted octanol–water partition coefficient (Wildman–Crippen LogP) is 3.10. The zero-order chi connectivity index (χ0) is 14.8. The largest absolute Gasteiger partial charge is 0.377 e. The Kier molecular flexibility index (Phi) is 4.52. The van der Waals surface area contributed by atoms with E-state index >= 15 is 0 Å². The van der Waals surface area contributed by atoms with E-state index in [0.717, 1.165) is 30.2 Å². The van der Waals surface area contributed by atoms with Crippen LogP contribution < -0.4 is 5.32 Å². The third kappa shape index (κ3) is 3.25. The third-order valence-electron chi connectivity index (χ3n) is 3.84. The van der Waals surface area contributed by atoms with E-state index in [2.05, 4.69) is 48.8 Å². The van der Waals surface area contributed by atoms with E-state index in [1.807, 2.05) is 17.8 Å². The maximum Gasteiger partial charge on any atom is 0.138 e. The van der Waals surface area contributed by atoms with Crippen LogP contribution in [0.2, 0.25) is 0 Å². The Morgan fingerprint density at radius 3 is 3.05 bits per heavy atom. The minimum absolute atomic E-state index is 0.311.